The first kappa shape index (κ1) is 17.3. The number of carbonyl (C=O) groups excluding carboxylic acids is 2. The molecule has 7 heteroatoms. The van der Waals surface area contributed by atoms with E-state index in [9.17, 15) is 14.0 Å². The van der Waals surface area contributed by atoms with Gasteiger partial charge in [0.25, 0.3) is 0 Å². The van der Waals surface area contributed by atoms with Gasteiger partial charge in [-0.3, -0.25) is 4.79 Å². The fraction of sp³-hybridized carbons (Fsp3) is 0.105. The second-order valence-electron chi connectivity index (χ2n) is 5.65. The van der Waals surface area contributed by atoms with Crippen LogP contribution >= 0.6 is 0 Å². The molecule has 0 aliphatic heterocycles. The van der Waals surface area contributed by atoms with Gasteiger partial charge in [-0.05, 0) is 48.9 Å². The molecule has 0 aliphatic carbocycles. The van der Waals surface area contributed by atoms with Gasteiger partial charge in [-0.2, -0.15) is 5.10 Å². The molecule has 1 aromatic heterocycles. The number of ether oxygens (including phenoxy) is 1. The molecule has 0 saturated carbocycles. The summed E-state index contributed by atoms with van der Waals surface area (Å²) in [5.41, 5.74) is 6.41. The van der Waals surface area contributed by atoms with Gasteiger partial charge in [-0.25, -0.2) is 13.9 Å². The highest BCUT2D eigenvalue weighted by molar-refractivity contribution is 5.97. The van der Waals surface area contributed by atoms with Crippen LogP contribution in [0.4, 0.5) is 4.39 Å². The van der Waals surface area contributed by atoms with Crippen LogP contribution in [0.2, 0.25) is 0 Å². The minimum absolute atomic E-state index is 0.196. The molecule has 0 fully saturated rings. The maximum atomic E-state index is 14.3. The molecule has 3 rings (SSSR count). The number of aromatic nitrogens is 2. The topological polar surface area (TPSA) is 87.2 Å². The Bertz CT molecular complexity index is 954. The van der Waals surface area contributed by atoms with Crippen molar-refractivity contribution in [2.24, 2.45) is 5.73 Å². The molecule has 0 saturated heterocycles. The Morgan fingerprint density at radius 3 is 2.58 bits per heavy atom. The SMILES string of the molecule is C[C@H](OC(=O)c1cccc(C(N)=O)c1)c1ccc(-n2cccn2)c(F)c1. The Morgan fingerprint density at radius 2 is 1.92 bits per heavy atom. The van der Waals surface area contributed by atoms with E-state index in [2.05, 4.69) is 5.10 Å². The standard InChI is InChI=1S/C19H16FN3O3/c1-12(26-19(25)15-5-2-4-14(10-15)18(21)24)13-6-7-17(16(20)11-13)23-9-3-8-22-23/h2-12H,1H3,(H2,21,24)/t12-/m0/s1. The minimum atomic E-state index is -0.680. The van der Waals surface area contributed by atoms with Gasteiger partial charge in [0.05, 0.1) is 5.56 Å². The second-order valence-corrected chi connectivity index (χ2v) is 5.65. The molecule has 132 valence electrons. The van der Waals surface area contributed by atoms with E-state index in [1.165, 1.54) is 28.9 Å². The lowest BCUT2D eigenvalue weighted by atomic mass is 10.1. The number of hydrogen-bond donors (Lipinski definition) is 1. The van der Waals surface area contributed by atoms with Gasteiger partial charge in [0.15, 0.2) is 0 Å². The first-order valence-corrected chi connectivity index (χ1v) is 7.86. The Labute approximate surface area is 149 Å². The first-order chi connectivity index (χ1) is 12.5. The molecular weight excluding hydrogens is 337 g/mol. The predicted octanol–water partition coefficient (Wildman–Crippen LogP) is 3.03. The van der Waals surface area contributed by atoms with Crippen molar-refractivity contribution in [1.82, 2.24) is 9.78 Å². The molecule has 6 nitrogen and oxygen atoms in total. The zero-order chi connectivity index (χ0) is 18.7. The normalized spacial score (nSPS) is 11.8. The number of nitrogens with two attached hydrogens (primary N) is 1. The van der Waals surface area contributed by atoms with Crippen LogP contribution in [-0.2, 0) is 4.74 Å². The molecule has 2 N–H and O–H groups in total. The minimum Gasteiger partial charge on any atom is -0.454 e. The summed E-state index contributed by atoms with van der Waals surface area (Å²) < 4.78 is 21.1. The summed E-state index contributed by atoms with van der Waals surface area (Å²) in [7, 11) is 0. The number of carbonyl (C=O) groups is 2. The first-order valence-electron chi connectivity index (χ1n) is 7.86. The van der Waals surface area contributed by atoms with E-state index >= 15 is 0 Å². The van der Waals surface area contributed by atoms with Gasteiger partial charge >= 0.3 is 5.97 Å². The van der Waals surface area contributed by atoms with E-state index < -0.39 is 23.8 Å². The van der Waals surface area contributed by atoms with Crippen LogP contribution in [-0.4, -0.2) is 21.7 Å². The molecule has 3 aromatic rings. The van der Waals surface area contributed by atoms with Crippen molar-refractivity contribution in [3.8, 4) is 5.69 Å². The van der Waals surface area contributed by atoms with Crippen molar-refractivity contribution in [3.05, 3.63) is 83.4 Å². The number of esters is 1. The smallest absolute Gasteiger partial charge is 0.338 e. The van der Waals surface area contributed by atoms with Crippen molar-refractivity contribution in [3.63, 3.8) is 0 Å². The third-order valence-corrected chi connectivity index (χ3v) is 3.86. The van der Waals surface area contributed by atoms with Crippen LogP contribution in [0, 0.1) is 5.82 Å². The lowest BCUT2D eigenvalue weighted by Gasteiger charge is -2.15. The zero-order valence-electron chi connectivity index (χ0n) is 13.9. The number of amides is 1. The van der Waals surface area contributed by atoms with Crippen LogP contribution < -0.4 is 5.73 Å². The van der Waals surface area contributed by atoms with E-state index in [1.807, 2.05) is 0 Å². The molecule has 1 heterocycles. The van der Waals surface area contributed by atoms with E-state index in [0.29, 0.717) is 11.3 Å². The molecule has 0 bridgehead atoms. The molecule has 0 spiro atoms. The van der Waals surface area contributed by atoms with Gasteiger partial charge < -0.3 is 10.5 Å². The molecule has 1 atom stereocenters. The van der Waals surface area contributed by atoms with Crippen LogP contribution in [0.1, 0.15) is 39.3 Å². The third-order valence-electron chi connectivity index (χ3n) is 3.86. The lowest BCUT2D eigenvalue weighted by Crippen LogP contribution is -2.14. The number of rotatable bonds is 5. The van der Waals surface area contributed by atoms with Crippen LogP contribution in [0.3, 0.4) is 0 Å². The highest BCUT2D eigenvalue weighted by atomic mass is 19.1. The summed E-state index contributed by atoms with van der Waals surface area (Å²) in [6.07, 6.45) is 2.51. The Hall–Kier alpha value is -3.48. The monoisotopic (exact) mass is 353 g/mol. The van der Waals surface area contributed by atoms with E-state index in [4.69, 9.17) is 10.5 Å². The summed E-state index contributed by atoms with van der Waals surface area (Å²) in [6.45, 7) is 1.64. The summed E-state index contributed by atoms with van der Waals surface area (Å²) in [5.74, 6) is -1.74. The molecule has 1 amide bonds. The average molecular weight is 353 g/mol. The van der Waals surface area contributed by atoms with Gasteiger partial charge in [-0.1, -0.05) is 12.1 Å². The number of primary amides is 1. The van der Waals surface area contributed by atoms with Crippen LogP contribution in [0.5, 0.6) is 0 Å². The largest absolute Gasteiger partial charge is 0.454 e. The Balaban J connectivity index is 1.76. The maximum absolute atomic E-state index is 14.3. The summed E-state index contributed by atoms with van der Waals surface area (Å²) in [6, 6.07) is 12.1. The molecule has 0 radical (unpaired) electrons. The van der Waals surface area contributed by atoms with E-state index in [-0.39, 0.29) is 11.1 Å². The summed E-state index contributed by atoms with van der Waals surface area (Å²) in [5, 5.41) is 3.99. The van der Waals surface area contributed by atoms with Gasteiger partial charge in [0.1, 0.15) is 17.6 Å². The van der Waals surface area contributed by atoms with E-state index in [1.54, 1.807) is 43.6 Å². The molecule has 26 heavy (non-hydrogen) atoms. The van der Waals surface area contributed by atoms with Crippen molar-refractivity contribution >= 4 is 11.9 Å². The van der Waals surface area contributed by atoms with Crippen LogP contribution in [0.25, 0.3) is 5.69 Å². The number of benzene rings is 2. The average Bonchev–Trinajstić information content (AvgIpc) is 3.16. The van der Waals surface area contributed by atoms with Gasteiger partial charge in [0, 0.05) is 18.0 Å². The van der Waals surface area contributed by atoms with Gasteiger partial charge in [0.2, 0.25) is 5.91 Å². The lowest BCUT2D eigenvalue weighted by molar-refractivity contribution is 0.0337. The number of nitrogens with zero attached hydrogens (tertiary/aromatic N) is 2. The van der Waals surface area contributed by atoms with Crippen molar-refractivity contribution in [1.29, 1.82) is 0 Å². The molecular formula is C19H16FN3O3. The second kappa shape index (κ2) is 7.18. The number of halogens is 1. The fourth-order valence-electron chi connectivity index (χ4n) is 2.47. The van der Waals surface area contributed by atoms with E-state index in [0.717, 1.165) is 0 Å². The van der Waals surface area contributed by atoms with Crippen molar-refractivity contribution < 1.29 is 18.7 Å². The Kier molecular flexibility index (Phi) is 4.79. The van der Waals surface area contributed by atoms with Crippen molar-refractivity contribution in [2.75, 3.05) is 0 Å². The maximum Gasteiger partial charge on any atom is 0.338 e. The molecule has 0 unspecified atom stereocenters. The predicted molar refractivity (Wildman–Crippen MR) is 92.3 cm³/mol. The highest BCUT2D eigenvalue weighted by Gasteiger charge is 2.17. The summed E-state index contributed by atoms with van der Waals surface area (Å²) in [4.78, 5) is 23.5. The molecule has 2 aromatic carbocycles. The Morgan fingerprint density at radius 1 is 1.15 bits per heavy atom. The highest BCUT2D eigenvalue weighted by Crippen LogP contribution is 2.23. The zero-order valence-corrected chi connectivity index (χ0v) is 13.9. The quantitative estimate of drug-likeness (QED) is 0.714. The summed E-state index contributed by atoms with van der Waals surface area (Å²) >= 11 is 0. The number of hydrogen-bond acceptors (Lipinski definition) is 4. The van der Waals surface area contributed by atoms with Gasteiger partial charge in [-0.15, -0.1) is 0 Å². The van der Waals surface area contributed by atoms with Crippen molar-refractivity contribution in [2.45, 2.75) is 13.0 Å². The fourth-order valence-corrected chi connectivity index (χ4v) is 2.47. The molecule has 0 aliphatic rings. The van der Waals surface area contributed by atoms with Crippen LogP contribution in [0.15, 0.2) is 60.9 Å². The third kappa shape index (κ3) is 3.61.